The van der Waals surface area contributed by atoms with Gasteiger partial charge in [0.2, 0.25) is 0 Å². The molecule has 2 unspecified atom stereocenters. The highest BCUT2D eigenvalue weighted by atomic mass is 14.7. The monoisotopic (exact) mass is 201 g/mol. The van der Waals surface area contributed by atoms with E-state index in [-0.39, 0.29) is 0 Å². The van der Waals surface area contributed by atoms with Crippen molar-refractivity contribution in [3.8, 4) is 0 Å². The molecule has 2 atom stereocenters. The van der Waals surface area contributed by atoms with Crippen LogP contribution in [0.1, 0.15) is 36.3 Å². The zero-order valence-corrected chi connectivity index (χ0v) is 9.15. The first-order valence-electron chi connectivity index (χ1n) is 5.77. The summed E-state index contributed by atoms with van der Waals surface area (Å²) in [5, 5.41) is 0. The molecule has 0 spiro atoms. The lowest BCUT2D eigenvalue weighted by Crippen LogP contribution is -2.26. The first-order valence-corrected chi connectivity index (χ1v) is 5.77. The van der Waals surface area contributed by atoms with Crippen molar-refractivity contribution in [2.75, 3.05) is 0 Å². The van der Waals surface area contributed by atoms with Gasteiger partial charge < -0.3 is 5.73 Å². The first-order chi connectivity index (χ1) is 7.33. The minimum atomic E-state index is 0.298. The molecule has 0 aromatic heterocycles. The number of rotatable bonds is 4. The molecule has 1 aromatic rings. The SMILES string of the molecule is C=CCCC(N)C1CCc2ccccc21. The maximum atomic E-state index is 6.23. The van der Waals surface area contributed by atoms with E-state index in [1.165, 1.54) is 24.0 Å². The Balaban J connectivity index is 2.09. The van der Waals surface area contributed by atoms with Gasteiger partial charge in [-0.25, -0.2) is 0 Å². The Labute approximate surface area is 92.0 Å². The second-order valence-electron chi connectivity index (χ2n) is 4.37. The van der Waals surface area contributed by atoms with Crippen LogP contribution in [0.25, 0.3) is 0 Å². The van der Waals surface area contributed by atoms with E-state index in [1.807, 2.05) is 6.08 Å². The maximum absolute atomic E-state index is 6.23. The van der Waals surface area contributed by atoms with Crippen LogP contribution in [0.3, 0.4) is 0 Å². The van der Waals surface area contributed by atoms with Gasteiger partial charge in [-0.1, -0.05) is 30.3 Å². The summed E-state index contributed by atoms with van der Waals surface area (Å²) in [7, 11) is 0. The summed E-state index contributed by atoms with van der Waals surface area (Å²) in [6, 6.07) is 9.01. The predicted molar refractivity (Wildman–Crippen MR) is 64.9 cm³/mol. The van der Waals surface area contributed by atoms with E-state index in [4.69, 9.17) is 5.73 Å². The van der Waals surface area contributed by atoms with Crippen LogP contribution in [0.2, 0.25) is 0 Å². The Bertz CT molecular complexity index is 343. The van der Waals surface area contributed by atoms with Gasteiger partial charge in [0.05, 0.1) is 0 Å². The number of benzene rings is 1. The zero-order valence-electron chi connectivity index (χ0n) is 9.15. The molecule has 0 radical (unpaired) electrons. The van der Waals surface area contributed by atoms with Crippen molar-refractivity contribution in [3.05, 3.63) is 48.0 Å². The van der Waals surface area contributed by atoms with E-state index in [0.29, 0.717) is 12.0 Å². The minimum Gasteiger partial charge on any atom is -0.327 e. The second kappa shape index (κ2) is 4.63. The summed E-state index contributed by atoms with van der Waals surface area (Å²) in [5.74, 6) is 0.571. The third-order valence-electron chi connectivity index (χ3n) is 3.40. The molecule has 0 fully saturated rings. The van der Waals surface area contributed by atoms with Crippen molar-refractivity contribution >= 4 is 0 Å². The van der Waals surface area contributed by atoms with Gasteiger partial charge >= 0.3 is 0 Å². The molecule has 15 heavy (non-hydrogen) atoms. The molecule has 0 aliphatic heterocycles. The van der Waals surface area contributed by atoms with E-state index in [9.17, 15) is 0 Å². The summed E-state index contributed by atoms with van der Waals surface area (Å²) in [6.45, 7) is 3.75. The van der Waals surface area contributed by atoms with Gasteiger partial charge in [-0.3, -0.25) is 0 Å². The van der Waals surface area contributed by atoms with E-state index in [1.54, 1.807) is 0 Å². The molecular weight excluding hydrogens is 182 g/mol. The third-order valence-corrected chi connectivity index (χ3v) is 3.40. The van der Waals surface area contributed by atoms with Gasteiger partial charge in [0, 0.05) is 6.04 Å². The Morgan fingerprint density at radius 1 is 1.47 bits per heavy atom. The van der Waals surface area contributed by atoms with Crippen molar-refractivity contribution in [1.29, 1.82) is 0 Å². The summed E-state index contributed by atoms with van der Waals surface area (Å²) in [6.07, 6.45) is 6.46. The van der Waals surface area contributed by atoms with Gasteiger partial charge in [-0.15, -0.1) is 6.58 Å². The zero-order chi connectivity index (χ0) is 10.7. The van der Waals surface area contributed by atoms with Crippen molar-refractivity contribution < 1.29 is 0 Å². The van der Waals surface area contributed by atoms with Crippen LogP contribution < -0.4 is 5.73 Å². The molecule has 0 saturated heterocycles. The number of hydrogen-bond acceptors (Lipinski definition) is 1. The third kappa shape index (κ3) is 2.13. The van der Waals surface area contributed by atoms with E-state index in [2.05, 4.69) is 30.8 Å². The van der Waals surface area contributed by atoms with E-state index in [0.717, 1.165) is 12.8 Å². The summed E-state index contributed by atoms with van der Waals surface area (Å²) in [4.78, 5) is 0. The standard InChI is InChI=1S/C14H19N/c1-2-3-8-14(15)13-10-9-11-6-4-5-7-12(11)13/h2,4-7,13-14H,1,3,8-10,15H2. The van der Waals surface area contributed by atoms with Gasteiger partial charge in [0.25, 0.3) is 0 Å². The summed E-state index contributed by atoms with van der Waals surface area (Å²) in [5.41, 5.74) is 9.21. The molecule has 80 valence electrons. The maximum Gasteiger partial charge on any atom is 0.0111 e. The molecule has 1 aliphatic carbocycles. The van der Waals surface area contributed by atoms with Gasteiger partial charge in [0.15, 0.2) is 0 Å². The Morgan fingerprint density at radius 2 is 2.27 bits per heavy atom. The molecular formula is C14H19N. The molecule has 0 amide bonds. The average Bonchev–Trinajstić information content (AvgIpc) is 2.69. The van der Waals surface area contributed by atoms with E-state index >= 15 is 0 Å². The van der Waals surface area contributed by atoms with Crippen LogP contribution in [0, 0.1) is 0 Å². The van der Waals surface area contributed by atoms with Gasteiger partial charge in [-0.05, 0) is 42.7 Å². The van der Waals surface area contributed by atoms with Crippen LogP contribution in [-0.2, 0) is 6.42 Å². The summed E-state index contributed by atoms with van der Waals surface area (Å²) < 4.78 is 0. The number of allylic oxidation sites excluding steroid dienone is 1. The molecule has 0 bridgehead atoms. The fourth-order valence-electron chi connectivity index (χ4n) is 2.55. The fraction of sp³-hybridized carbons (Fsp3) is 0.429. The minimum absolute atomic E-state index is 0.298. The van der Waals surface area contributed by atoms with E-state index < -0.39 is 0 Å². The first kappa shape index (κ1) is 10.4. The normalized spacial score (nSPS) is 21.0. The topological polar surface area (TPSA) is 26.0 Å². The molecule has 2 N–H and O–H groups in total. The number of fused-ring (bicyclic) bond motifs is 1. The van der Waals surface area contributed by atoms with Crippen LogP contribution in [0.15, 0.2) is 36.9 Å². The molecule has 0 heterocycles. The van der Waals surface area contributed by atoms with Crippen molar-refractivity contribution in [3.63, 3.8) is 0 Å². The van der Waals surface area contributed by atoms with Gasteiger partial charge in [0.1, 0.15) is 0 Å². The fourth-order valence-corrected chi connectivity index (χ4v) is 2.55. The Hall–Kier alpha value is -1.08. The molecule has 1 heteroatoms. The lowest BCUT2D eigenvalue weighted by atomic mass is 9.91. The van der Waals surface area contributed by atoms with Crippen LogP contribution in [-0.4, -0.2) is 6.04 Å². The predicted octanol–water partition coefficient (Wildman–Crippen LogP) is 3.01. The van der Waals surface area contributed by atoms with Crippen molar-refractivity contribution in [2.24, 2.45) is 5.73 Å². The quantitative estimate of drug-likeness (QED) is 0.745. The number of hydrogen-bond donors (Lipinski definition) is 1. The van der Waals surface area contributed by atoms with Crippen LogP contribution in [0.4, 0.5) is 0 Å². The van der Waals surface area contributed by atoms with Crippen LogP contribution >= 0.6 is 0 Å². The Morgan fingerprint density at radius 3 is 3.07 bits per heavy atom. The second-order valence-corrected chi connectivity index (χ2v) is 4.37. The Kier molecular flexibility index (Phi) is 3.22. The highest BCUT2D eigenvalue weighted by Crippen LogP contribution is 2.35. The molecule has 1 aromatic carbocycles. The molecule has 1 aliphatic rings. The largest absolute Gasteiger partial charge is 0.327 e. The lowest BCUT2D eigenvalue weighted by Gasteiger charge is -2.19. The molecule has 0 saturated carbocycles. The molecule has 1 nitrogen and oxygen atoms in total. The van der Waals surface area contributed by atoms with Crippen LogP contribution in [0.5, 0.6) is 0 Å². The number of aryl methyl sites for hydroxylation is 1. The highest BCUT2D eigenvalue weighted by Gasteiger charge is 2.26. The van der Waals surface area contributed by atoms with Crippen molar-refractivity contribution in [2.45, 2.75) is 37.6 Å². The summed E-state index contributed by atoms with van der Waals surface area (Å²) >= 11 is 0. The lowest BCUT2D eigenvalue weighted by molar-refractivity contribution is 0.500. The van der Waals surface area contributed by atoms with Gasteiger partial charge in [-0.2, -0.15) is 0 Å². The number of nitrogens with two attached hydrogens (primary N) is 1. The highest BCUT2D eigenvalue weighted by molar-refractivity contribution is 5.35. The molecule has 2 rings (SSSR count). The smallest absolute Gasteiger partial charge is 0.0111 e. The van der Waals surface area contributed by atoms with Crippen molar-refractivity contribution in [1.82, 2.24) is 0 Å². The average molecular weight is 201 g/mol.